The van der Waals surface area contributed by atoms with Crippen LogP contribution in [-0.2, 0) is 4.79 Å². The fraction of sp³-hybridized carbons (Fsp3) is 0.833. The van der Waals surface area contributed by atoms with Gasteiger partial charge in [0.05, 0.1) is 5.25 Å². The van der Waals surface area contributed by atoms with Gasteiger partial charge >= 0.3 is 0 Å². The van der Waals surface area contributed by atoms with E-state index in [2.05, 4.69) is 0 Å². The number of rotatable bonds is 1. The van der Waals surface area contributed by atoms with Crippen LogP contribution in [0.4, 0.5) is 0 Å². The van der Waals surface area contributed by atoms with E-state index in [9.17, 15) is 4.79 Å². The summed E-state index contributed by atoms with van der Waals surface area (Å²) in [5.74, 6) is 0.456. The molecule has 1 saturated carbocycles. The molecule has 1 fully saturated rings. The molecule has 0 aliphatic heterocycles. The van der Waals surface area contributed by atoms with Crippen molar-refractivity contribution in [1.82, 2.24) is 0 Å². The first-order valence-electron chi connectivity index (χ1n) is 2.90. The summed E-state index contributed by atoms with van der Waals surface area (Å²) in [6, 6.07) is 0. The van der Waals surface area contributed by atoms with Crippen molar-refractivity contribution in [2.45, 2.75) is 24.5 Å². The minimum absolute atomic E-state index is 0.343. The van der Waals surface area contributed by atoms with E-state index in [-0.39, 0.29) is 0 Å². The third-order valence-corrected chi connectivity index (χ3v) is 2.60. The first-order valence-corrected chi connectivity index (χ1v) is 4.19. The predicted molar refractivity (Wildman–Crippen MR) is 36.2 cm³/mol. The van der Waals surface area contributed by atoms with Crippen LogP contribution in [0, 0.1) is 0 Å². The summed E-state index contributed by atoms with van der Waals surface area (Å²) in [5, 5.41) is 0.343. The molecule has 2 heteroatoms. The van der Waals surface area contributed by atoms with Crippen LogP contribution in [0.1, 0.15) is 19.3 Å². The molecular weight excluding hydrogens is 120 g/mol. The number of Topliss-reactive ketones (excluding diaryl/α,β-unsaturated/α-hetero) is 1. The molecule has 0 N–H and O–H groups in total. The van der Waals surface area contributed by atoms with Crippen molar-refractivity contribution in [2.24, 2.45) is 0 Å². The Morgan fingerprint density at radius 2 is 2.50 bits per heavy atom. The Balaban J connectivity index is 2.42. The van der Waals surface area contributed by atoms with E-state index in [4.69, 9.17) is 0 Å². The molecule has 1 aliphatic carbocycles. The van der Waals surface area contributed by atoms with Gasteiger partial charge in [-0.05, 0) is 19.1 Å². The molecule has 1 rings (SSSR count). The molecule has 1 aliphatic rings. The normalized spacial score (nSPS) is 29.1. The summed E-state index contributed by atoms with van der Waals surface area (Å²) in [7, 11) is 0. The third-order valence-electron chi connectivity index (χ3n) is 1.53. The van der Waals surface area contributed by atoms with Crippen LogP contribution < -0.4 is 0 Å². The third kappa shape index (κ3) is 1.05. The largest absolute Gasteiger partial charge is 0.298 e. The second-order valence-corrected chi connectivity index (χ2v) is 3.12. The second-order valence-electron chi connectivity index (χ2n) is 2.08. The Bertz CT molecular complexity index is 101. The Morgan fingerprint density at radius 3 is 2.75 bits per heavy atom. The molecule has 0 radical (unpaired) electrons. The molecule has 0 saturated heterocycles. The highest BCUT2D eigenvalue weighted by molar-refractivity contribution is 7.99. The predicted octanol–water partition coefficient (Wildman–Crippen LogP) is 1.47. The van der Waals surface area contributed by atoms with Crippen LogP contribution in [0.25, 0.3) is 0 Å². The summed E-state index contributed by atoms with van der Waals surface area (Å²) < 4.78 is 0. The molecule has 1 nitrogen and oxygen atoms in total. The van der Waals surface area contributed by atoms with Crippen LogP contribution in [-0.4, -0.2) is 17.3 Å². The lowest BCUT2D eigenvalue weighted by molar-refractivity contribution is -0.116. The van der Waals surface area contributed by atoms with Crippen LogP contribution >= 0.6 is 11.8 Å². The van der Waals surface area contributed by atoms with Crippen LogP contribution in [0.5, 0.6) is 0 Å². The first kappa shape index (κ1) is 6.14. The maximum Gasteiger partial charge on any atom is 0.145 e. The lowest BCUT2D eigenvalue weighted by atomic mass is 10.3. The van der Waals surface area contributed by atoms with Gasteiger partial charge in [0.2, 0.25) is 0 Å². The zero-order valence-corrected chi connectivity index (χ0v) is 5.83. The van der Waals surface area contributed by atoms with Crippen LogP contribution in [0.3, 0.4) is 0 Å². The van der Waals surface area contributed by atoms with Crippen LogP contribution in [0.15, 0.2) is 0 Å². The summed E-state index contributed by atoms with van der Waals surface area (Å²) in [4.78, 5) is 10.8. The number of carbonyl (C=O) groups excluding carboxylic acids is 1. The van der Waals surface area contributed by atoms with Crippen molar-refractivity contribution in [3.8, 4) is 0 Å². The number of thioether (sulfide) groups is 1. The number of hydrogen-bond acceptors (Lipinski definition) is 2. The number of carbonyl (C=O) groups is 1. The zero-order chi connectivity index (χ0) is 5.98. The molecule has 8 heavy (non-hydrogen) atoms. The molecular formula is C6H10OS. The lowest BCUT2D eigenvalue weighted by Gasteiger charge is -1.98. The van der Waals surface area contributed by atoms with Gasteiger partial charge in [0.25, 0.3) is 0 Å². The van der Waals surface area contributed by atoms with Crippen molar-refractivity contribution >= 4 is 17.5 Å². The van der Waals surface area contributed by atoms with Gasteiger partial charge in [-0.15, -0.1) is 0 Å². The maximum absolute atomic E-state index is 10.8. The molecule has 0 aromatic rings. The fourth-order valence-electron chi connectivity index (χ4n) is 1.03. The highest BCUT2D eigenvalue weighted by Gasteiger charge is 2.22. The van der Waals surface area contributed by atoms with Gasteiger partial charge in [-0.25, -0.2) is 0 Å². The lowest BCUT2D eigenvalue weighted by Crippen LogP contribution is -2.06. The van der Waals surface area contributed by atoms with Crippen molar-refractivity contribution in [1.29, 1.82) is 0 Å². The molecule has 1 unspecified atom stereocenters. The average Bonchev–Trinajstić information content (AvgIpc) is 2.14. The minimum atomic E-state index is 0.343. The molecule has 0 aromatic heterocycles. The maximum atomic E-state index is 10.8. The fourth-order valence-corrected chi connectivity index (χ4v) is 1.82. The molecule has 0 amide bonds. The molecule has 0 spiro atoms. The van der Waals surface area contributed by atoms with Gasteiger partial charge < -0.3 is 0 Å². The smallest absolute Gasteiger partial charge is 0.145 e. The van der Waals surface area contributed by atoms with E-state index >= 15 is 0 Å². The van der Waals surface area contributed by atoms with Gasteiger partial charge in [0, 0.05) is 6.42 Å². The summed E-state index contributed by atoms with van der Waals surface area (Å²) in [6.45, 7) is 0. The number of hydrogen-bond donors (Lipinski definition) is 0. The minimum Gasteiger partial charge on any atom is -0.298 e. The Morgan fingerprint density at radius 1 is 1.75 bits per heavy atom. The van der Waals surface area contributed by atoms with Gasteiger partial charge in [0.15, 0.2) is 0 Å². The van der Waals surface area contributed by atoms with Crippen LogP contribution in [0.2, 0.25) is 0 Å². The Labute approximate surface area is 53.8 Å². The SMILES string of the molecule is CSC1CCCC1=O. The molecule has 46 valence electrons. The Hall–Kier alpha value is 0.0200. The standard InChI is InChI=1S/C6H10OS/c1-8-6-4-2-3-5(6)7/h6H,2-4H2,1H3. The van der Waals surface area contributed by atoms with E-state index in [0.29, 0.717) is 11.0 Å². The topological polar surface area (TPSA) is 17.1 Å². The van der Waals surface area contributed by atoms with Crippen molar-refractivity contribution < 1.29 is 4.79 Å². The van der Waals surface area contributed by atoms with Gasteiger partial charge in [0.1, 0.15) is 5.78 Å². The average molecular weight is 130 g/mol. The van der Waals surface area contributed by atoms with E-state index in [1.54, 1.807) is 11.8 Å². The monoisotopic (exact) mass is 130 g/mol. The summed E-state index contributed by atoms with van der Waals surface area (Å²) in [6.07, 6.45) is 5.06. The summed E-state index contributed by atoms with van der Waals surface area (Å²) in [5.41, 5.74) is 0. The number of ketones is 1. The van der Waals surface area contributed by atoms with E-state index in [0.717, 1.165) is 19.3 Å². The second kappa shape index (κ2) is 2.53. The quantitative estimate of drug-likeness (QED) is 0.534. The molecule has 0 bridgehead atoms. The zero-order valence-electron chi connectivity index (χ0n) is 5.02. The van der Waals surface area contributed by atoms with E-state index in [1.807, 2.05) is 6.26 Å². The molecule has 1 atom stereocenters. The van der Waals surface area contributed by atoms with Gasteiger partial charge in [-0.1, -0.05) is 0 Å². The Kier molecular flexibility index (Phi) is 1.95. The van der Waals surface area contributed by atoms with Crippen molar-refractivity contribution in [3.05, 3.63) is 0 Å². The molecule has 0 heterocycles. The highest BCUT2D eigenvalue weighted by Crippen LogP contribution is 2.23. The van der Waals surface area contributed by atoms with Crippen molar-refractivity contribution in [3.63, 3.8) is 0 Å². The first-order chi connectivity index (χ1) is 3.84. The van der Waals surface area contributed by atoms with Gasteiger partial charge in [-0.3, -0.25) is 4.79 Å². The van der Waals surface area contributed by atoms with Crippen molar-refractivity contribution in [2.75, 3.05) is 6.26 Å². The highest BCUT2D eigenvalue weighted by atomic mass is 32.2. The van der Waals surface area contributed by atoms with E-state index in [1.165, 1.54) is 0 Å². The van der Waals surface area contributed by atoms with Gasteiger partial charge in [-0.2, -0.15) is 11.8 Å². The summed E-state index contributed by atoms with van der Waals surface area (Å²) >= 11 is 1.69. The molecule has 0 aromatic carbocycles. The van der Waals surface area contributed by atoms with E-state index < -0.39 is 0 Å².